The number of alkyl halides is 3. The van der Waals surface area contributed by atoms with Crippen LogP contribution in [-0.4, -0.2) is 0 Å². The summed E-state index contributed by atoms with van der Waals surface area (Å²) in [4.78, 5) is 0. The van der Waals surface area contributed by atoms with Gasteiger partial charge >= 0.3 is 0 Å². The predicted octanol–water partition coefficient (Wildman–Crippen LogP) is 5.53. The zero-order valence-corrected chi connectivity index (χ0v) is 16.2. The molecule has 2 aromatic rings. The first-order valence-corrected chi connectivity index (χ1v) is 7.71. The molecule has 0 aliphatic rings. The average Bonchev–Trinajstić information content (AvgIpc) is 2.73. The summed E-state index contributed by atoms with van der Waals surface area (Å²) in [7, 11) is 0. The van der Waals surface area contributed by atoms with Gasteiger partial charge in [0.05, 0.1) is 0 Å². The fraction of sp³-hybridized carbons (Fsp3) is 0.167. The van der Waals surface area contributed by atoms with E-state index in [0.717, 1.165) is 0 Å². The molecule has 0 radical (unpaired) electrons. The summed E-state index contributed by atoms with van der Waals surface area (Å²) >= 11 is 7.24. The van der Waals surface area contributed by atoms with Gasteiger partial charge < -0.3 is 29.8 Å². The molecule has 0 aliphatic carbocycles. The molecule has 0 amide bonds. The molecule has 0 aromatic heterocycles. The minimum absolute atomic E-state index is 0. The molecule has 0 heterocycles. The molecule has 94 valence electrons. The zero-order chi connectivity index (χ0) is 11.3. The van der Waals surface area contributed by atoms with Crippen molar-refractivity contribution in [1.29, 1.82) is 0 Å². The van der Waals surface area contributed by atoms with Crippen molar-refractivity contribution in [1.82, 2.24) is 0 Å². The second kappa shape index (κ2) is 8.50. The molecule has 2 aromatic carbocycles. The molecule has 0 N–H and O–H groups in total. The molecule has 0 bridgehead atoms. The van der Waals surface area contributed by atoms with Crippen LogP contribution in [0.4, 0.5) is 0 Å². The van der Waals surface area contributed by atoms with Crippen LogP contribution in [0, 0.1) is 6.92 Å². The van der Waals surface area contributed by atoms with Gasteiger partial charge in [0.15, 0.2) is 0 Å². The smallest absolute Gasteiger partial charge is 0 e. The van der Waals surface area contributed by atoms with Crippen molar-refractivity contribution >= 4 is 67.8 Å². The summed E-state index contributed by atoms with van der Waals surface area (Å²) in [5.41, 5.74) is 2.72. The van der Waals surface area contributed by atoms with Crippen LogP contribution < -0.4 is 0 Å². The topological polar surface area (TPSA) is 0 Å². The van der Waals surface area contributed by atoms with Crippen LogP contribution in [0.25, 0.3) is 0 Å². The Labute approximate surface area is 149 Å². The quantitative estimate of drug-likeness (QED) is 0.177. The van der Waals surface area contributed by atoms with Gasteiger partial charge in [-0.05, 0) is -0.565 Å². The SMILES string of the molecule is C[c-]1cccc1.IC(I)(I)[c-]1[cH-][cH-][cH-][cH-]1.[Fe]. The predicted molar refractivity (Wildman–Crippen MR) is 92.5 cm³/mol. The van der Waals surface area contributed by atoms with Crippen molar-refractivity contribution in [2.45, 2.75) is 6.36 Å². The Morgan fingerprint density at radius 2 is 1.44 bits per heavy atom. The first-order valence-electron chi connectivity index (χ1n) is 4.47. The van der Waals surface area contributed by atoms with Crippen molar-refractivity contribution in [2.24, 2.45) is 0 Å². The first kappa shape index (κ1) is 17.4. The molecule has 0 fully saturated rings. The number of halogens is 3. The van der Waals surface area contributed by atoms with E-state index >= 15 is 0 Å². The number of rotatable bonds is 1. The van der Waals surface area contributed by atoms with Crippen molar-refractivity contribution in [3.63, 3.8) is 0 Å². The van der Waals surface area contributed by atoms with Gasteiger partial charge in [0.25, 0.3) is 0 Å². The molecule has 4 heteroatoms. The van der Waals surface area contributed by atoms with Crippen LogP contribution in [0.1, 0.15) is 11.1 Å². The molecule has 0 spiro atoms. The monoisotopic (exact) mass is 592 g/mol. The molecule has 2 rings (SSSR count). The van der Waals surface area contributed by atoms with Crippen LogP contribution in [-0.2, 0) is 16.5 Å². The Hall–Kier alpha value is 1.41. The van der Waals surface area contributed by atoms with Gasteiger partial charge in [-0.2, -0.15) is 17.7 Å². The standard InChI is InChI=1S/C6H4I3.C6H7.Fe/c7-6(8,9)5-3-1-2-4-5;1-6-4-2-3-5-6;/h1-4H;2-5H,1H3;/q-5;-1;. The van der Waals surface area contributed by atoms with E-state index in [1.54, 1.807) is 0 Å². The van der Waals surface area contributed by atoms with Crippen molar-refractivity contribution in [3.05, 3.63) is 59.7 Å². The Kier molecular flexibility index (Phi) is 9.25. The maximum absolute atomic E-state index is 2.41. The van der Waals surface area contributed by atoms with Crippen molar-refractivity contribution in [3.8, 4) is 0 Å². The molecule has 0 saturated carbocycles. The van der Waals surface area contributed by atoms with Crippen LogP contribution in [0.15, 0.2) is 48.5 Å². The fourth-order valence-electron chi connectivity index (χ4n) is 1.03. The van der Waals surface area contributed by atoms with Gasteiger partial charge in [-0.3, -0.25) is 0 Å². The Morgan fingerprint density at radius 3 is 1.62 bits per heavy atom. The molecule has 0 unspecified atom stereocenters. The normalized spacial score (nSPS) is 10.0. The van der Waals surface area contributed by atoms with E-state index < -0.39 is 0 Å². The molecular formula is C12H11FeI3-6. The van der Waals surface area contributed by atoms with E-state index in [-0.39, 0.29) is 16.5 Å². The van der Waals surface area contributed by atoms with Gasteiger partial charge in [-0.25, -0.2) is 12.1 Å². The zero-order valence-electron chi connectivity index (χ0n) is 8.61. The average molecular weight is 592 g/mol. The summed E-state index contributed by atoms with van der Waals surface area (Å²) in [6.45, 7) is 2.08. The third kappa shape index (κ3) is 6.98. The summed E-state index contributed by atoms with van der Waals surface area (Å²) < 4.78 is 0.233. The largest absolute Gasteiger partial charge is 0.747 e. The van der Waals surface area contributed by atoms with Crippen LogP contribution in [0.5, 0.6) is 0 Å². The van der Waals surface area contributed by atoms with E-state index in [0.29, 0.717) is 0 Å². The van der Waals surface area contributed by atoms with E-state index in [9.17, 15) is 0 Å². The molecular weight excluding hydrogens is 581 g/mol. The number of hydrogen-bond donors (Lipinski definition) is 0. The minimum atomic E-state index is 0. The van der Waals surface area contributed by atoms with Gasteiger partial charge in [-0.15, -0.1) is 0 Å². The molecule has 0 nitrogen and oxygen atoms in total. The van der Waals surface area contributed by atoms with Crippen molar-refractivity contribution < 1.29 is 17.1 Å². The minimum Gasteiger partial charge on any atom is -0.747 e. The van der Waals surface area contributed by atoms with Crippen LogP contribution in [0.2, 0.25) is 0 Å². The maximum atomic E-state index is 2.41. The Balaban J connectivity index is 0.000000283. The maximum Gasteiger partial charge on any atom is 0 e. The van der Waals surface area contributed by atoms with Gasteiger partial charge in [-0.1, -0.05) is 74.7 Å². The molecule has 0 aliphatic heterocycles. The third-order valence-corrected chi connectivity index (χ3v) is 3.69. The van der Waals surface area contributed by atoms with Crippen molar-refractivity contribution in [2.75, 3.05) is 0 Å². The Morgan fingerprint density at radius 1 is 1.00 bits per heavy atom. The summed E-state index contributed by atoms with van der Waals surface area (Å²) in [5, 5.41) is 0. The van der Waals surface area contributed by atoms with E-state index in [4.69, 9.17) is 0 Å². The summed E-state index contributed by atoms with van der Waals surface area (Å²) in [6.07, 6.45) is 0. The van der Waals surface area contributed by atoms with Gasteiger partial charge in [0.2, 0.25) is 0 Å². The Bertz CT molecular complexity index is 357. The second-order valence-corrected chi connectivity index (χ2v) is 14.2. The molecule has 0 atom stereocenters. The molecule has 0 saturated heterocycles. The van der Waals surface area contributed by atoms with E-state index in [2.05, 4.69) is 111 Å². The van der Waals surface area contributed by atoms with E-state index in [1.807, 2.05) is 12.1 Å². The molecule has 16 heavy (non-hydrogen) atoms. The number of hydrogen-bond acceptors (Lipinski definition) is 0. The van der Waals surface area contributed by atoms with E-state index in [1.165, 1.54) is 11.1 Å². The number of aryl methyl sites for hydroxylation is 1. The fourth-order valence-corrected chi connectivity index (χ4v) is 2.11. The summed E-state index contributed by atoms with van der Waals surface area (Å²) in [6, 6.07) is 16.7. The first-order chi connectivity index (χ1) is 7.00. The van der Waals surface area contributed by atoms with Gasteiger partial charge in [0.1, 0.15) is 0 Å². The van der Waals surface area contributed by atoms with Crippen LogP contribution >= 0.6 is 67.8 Å². The third-order valence-electron chi connectivity index (χ3n) is 1.82. The van der Waals surface area contributed by atoms with Crippen LogP contribution in [0.3, 0.4) is 0 Å². The van der Waals surface area contributed by atoms with Gasteiger partial charge in [0, 0.05) is 17.1 Å². The summed E-state index contributed by atoms with van der Waals surface area (Å²) in [5.74, 6) is 0. The second-order valence-electron chi connectivity index (χ2n) is 3.13.